The highest BCUT2D eigenvalue weighted by molar-refractivity contribution is 5.92. The predicted molar refractivity (Wildman–Crippen MR) is 124 cm³/mol. The van der Waals surface area contributed by atoms with Gasteiger partial charge in [-0.2, -0.15) is 0 Å². The summed E-state index contributed by atoms with van der Waals surface area (Å²) in [6.45, 7) is -0.700. The maximum absolute atomic E-state index is 13.3. The number of rotatable bonds is 7. The summed E-state index contributed by atoms with van der Waals surface area (Å²) >= 11 is 0. The van der Waals surface area contributed by atoms with Crippen LogP contribution in [0, 0.1) is 0 Å². The number of aromatic hydroxyl groups is 1. The van der Waals surface area contributed by atoms with Gasteiger partial charge in [0.2, 0.25) is 17.5 Å². The molecule has 1 aliphatic heterocycles. The minimum Gasteiger partial charge on any atom is -0.508 e. The minimum absolute atomic E-state index is 0.0540. The molecule has 1 aliphatic carbocycles. The maximum atomic E-state index is 13.3. The predicted octanol–water partition coefficient (Wildman–Crippen LogP) is -0.457. The molecule has 0 spiro atoms. The number of hydrogen-bond acceptors (Lipinski definition) is 13. The van der Waals surface area contributed by atoms with Crippen LogP contribution in [0.4, 0.5) is 0 Å². The van der Waals surface area contributed by atoms with Crippen molar-refractivity contribution in [3.63, 3.8) is 0 Å². The summed E-state index contributed by atoms with van der Waals surface area (Å²) in [5.41, 5.74) is -1.25. The van der Waals surface area contributed by atoms with E-state index in [9.17, 15) is 45.0 Å². The molecule has 6 atom stereocenters. The lowest BCUT2D eigenvalue weighted by Gasteiger charge is -2.39. The van der Waals surface area contributed by atoms with Crippen molar-refractivity contribution in [2.24, 2.45) is 0 Å². The van der Waals surface area contributed by atoms with Crippen LogP contribution in [-0.2, 0) is 14.3 Å². The van der Waals surface area contributed by atoms with E-state index in [0.29, 0.717) is 0 Å². The van der Waals surface area contributed by atoms with Crippen LogP contribution in [0.1, 0.15) is 24.5 Å². The van der Waals surface area contributed by atoms with Crippen LogP contribution in [0.15, 0.2) is 45.3 Å². The van der Waals surface area contributed by atoms with Gasteiger partial charge in [-0.15, -0.1) is 0 Å². The van der Waals surface area contributed by atoms with Crippen molar-refractivity contribution >= 4 is 22.9 Å². The molecular weight excluding hydrogens is 512 g/mol. The van der Waals surface area contributed by atoms with Crippen LogP contribution >= 0.6 is 0 Å². The molecular formula is C24H24O14. The molecule has 0 amide bonds. The lowest BCUT2D eigenvalue weighted by Crippen LogP contribution is -2.60. The third kappa shape index (κ3) is 5.34. The third-order valence-corrected chi connectivity index (χ3v) is 5.96. The number of hydrogen-bond donors (Lipinski definition) is 7. The molecule has 0 bridgehead atoms. The van der Waals surface area contributed by atoms with E-state index in [2.05, 4.69) is 0 Å². The molecule has 1 fully saturated rings. The summed E-state index contributed by atoms with van der Waals surface area (Å²) in [5, 5.41) is 68.2. The standard InChI is InChI=1S/C24H24O14/c25-8-14-18(31)20(33)21(34)24(37-14)35-11-5-12(27)17-13(6-11)36-22(9-1-3-10(26)4-2-9)23(19(17)32)38-16(30)7-15(28)29/h1,3-6,9,14,18,20-21,24-27,31,33-34H,2,7-8H2,(H,28,29). The molecule has 14 nitrogen and oxygen atoms in total. The Bertz CT molecular complexity index is 1360. The van der Waals surface area contributed by atoms with Crippen molar-refractivity contribution in [2.75, 3.05) is 6.61 Å². The van der Waals surface area contributed by atoms with E-state index >= 15 is 0 Å². The Labute approximate surface area is 212 Å². The number of aliphatic carboxylic acids is 1. The molecule has 4 rings (SSSR count). The van der Waals surface area contributed by atoms with Crippen molar-refractivity contribution in [1.82, 2.24) is 0 Å². The van der Waals surface area contributed by atoms with Crippen molar-refractivity contribution in [1.29, 1.82) is 0 Å². The molecule has 14 heteroatoms. The number of phenolic OH excluding ortho intramolecular Hbond substituents is 1. The van der Waals surface area contributed by atoms with E-state index in [4.69, 9.17) is 23.7 Å². The second-order valence-electron chi connectivity index (χ2n) is 8.63. The Morgan fingerprint density at radius 3 is 2.45 bits per heavy atom. The quantitative estimate of drug-likeness (QED) is 0.175. The first-order valence-corrected chi connectivity index (χ1v) is 11.3. The summed E-state index contributed by atoms with van der Waals surface area (Å²) in [7, 11) is 0. The second kappa shape index (κ2) is 10.8. The summed E-state index contributed by atoms with van der Waals surface area (Å²) < 4.78 is 21.6. The number of benzene rings is 1. The number of esters is 1. The van der Waals surface area contributed by atoms with E-state index in [1.807, 2.05) is 0 Å². The Morgan fingerprint density at radius 2 is 1.82 bits per heavy atom. The van der Waals surface area contributed by atoms with Gasteiger partial charge in [0.25, 0.3) is 0 Å². The van der Waals surface area contributed by atoms with E-state index in [-0.39, 0.29) is 29.3 Å². The van der Waals surface area contributed by atoms with Gasteiger partial charge in [0.1, 0.15) is 59.1 Å². The Morgan fingerprint density at radius 1 is 1.08 bits per heavy atom. The number of phenols is 1. The van der Waals surface area contributed by atoms with Gasteiger partial charge in [-0.3, -0.25) is 14.4 Å². The topological polar surface area (TPSA) is 234 Å². The van der Waals surface area contributed by atoms with Crippen LogP contribution in [0.5, 0.6) is 17.2 Å². The largest absolute Gasteiger partial charge is 0.508 e. The fraction of sp³-hybridized carbons (Fsp3) is 0.375. The summed E-state index contributed by atoms with van der Waals surface area (Å²) in [4.78, 5) is 36.2. The molecule has 204 valence electrons. The van der Waals surface area contributed by atoms with Crippen molar-refractivity contribution in [3.05, 3.63) is 52.1 Å². The van der Waals surface area contributed by atoms with Crippen LogP contribution in [0.2, 0.25) is 0 Å². The maximum Gasteiger partial charge on any atom is 0.322 e. The highest BCUT2D eigenvalue weighted by atomic mass is 16.7. The Kier molecular flexibility index (Phi) is 7.71. The van der Waals surface area contributed by atoms with Crippen LogP contribution in [0.3, 0.4) is 0 Å². The zero-order chi connectivity index (χ0) is 27.7. The lowest BCUT2D eigenvalue weighted by molar-refractivity contribution is -0.277. The number of carboxylic acid groups (broad SMARTS) is 1. The fourth-order valence-corrected chi connectivity index (χ4v) is 4.06. The van der Waals surface area contributed by atoms with Crippen LogP contribution in [0.25, 0.3) is 11.0 Å². The first-order chi connectivity index (χ1) is 18.0. The van der Waals surface area contributed by atoms with Crippen molar-refractivity contribution in [2.45, 2.75) is 49.5 Å². The highest BCUT2D eigenvalue weighted by Gasteiger charge is 2.44. The van der Waals surface area contributed by atoms with Gasteiger partial charge in [-0.25, -0.2) is 0 Å². The molecule has 1 aromatic carbocycles. The number of carbonyl (C=O) groups excluding carboxylic acids is 1. The molecule has 0 radical (unpaired) electrons. The monoisotopic (exact) mass is 536 g/mol. The number of carbonyl (C=O) groups is 2. The third-order valence-electron chi connectivity index (χ3n) is 5.96. The summed E-state index contributed by atoms with van der Waals surface area (Å²) in [6, 6.07) is 2.09. The SMILES string of the molecule is O=C(O)CC(=O)Oc1c(C2C=CC(O)=CC2)oc2cc(OC3OC(CO)C(O)C(O)C3O)cc(O)c2c1=O. The number of allylic oxidation sites excluding steroid dienone is 3. The van der Waals surface area contributed by atoms with E-state index in [0.717, 1.165) is 12.1 Å². The average Bonchev–Trinajstić information content (AvgIpc) is 2.85. The number of ether oxygens (including phenoxy) is 3. The summed E-state index contributed by atoms with van der Waals surface area (Å²) in [6.07, 6.45) is -4.70. The lowest BCUT2D eigenvalue weighted by atomic mass is 9.96. The van der Waals surface area contributed by atoms with Gasteiger partial charge in [-0.1, -0.05) is 6.08 Å². The first kappa shape index (κ1) is 27.1. The average molecular weight is 536 g/mol. The Balaban J connectivity index is 1.76. The first-order valence-electron chi connectivity index (χ1n) is 11.3. The van der Waals surface area contributed by atoms with E-state index in [1.165, 1.54) is 18.2 Å². The molecule has 1 saturated heterocycles. The second-order valence-corrected chi connectivity index (χ2v) is 8.63. The van der Waals surface area contributed by atoms with Gasteiger partial charge in [0.05, 0.1) is 6.61 Å². The normalized spacial score (nSPS) is 27.1. The van der Waals surface area contributed by atoms with Crippen molar-refractivity contribution < 1.29 is 64.0 Å². The van der Waals surface area contributed by atoms with E-state index < -0.39 is 83.9 Å². The van der Waals surface area contributed by atoms with Crippen LogP contribution < -0.4 is 14.9 Å². The zero-order valence-corrected chi connectivity index (χ0v) is 19.5. The smallest absolute Gasteiger partial charge is 0.322 e. The van der Waals surface area contributed by atoms with Gasteiger partial charge >= 0.3 is 11.9 Å². The minimum atomic E-state index is -1.75. The fourth-order valence-electron chi connectivity index (χ4n) is 4.06. The molecule has 38 heavy (non-hydrogen) atoms. The van der Waals surface area contributed by atoms with Gasteiger partial charge in [-0.05, 0) is 18.6 Å². The molecule has 2 heterocycles. The Hall–Kier alpha value is -3.95. The molecule has 6 unspecified atom stereocenters. The molecule has 1 aromatic heterocycles. The van der Waals surface area contributed by atoms with Gasteiger partial charge < -0.3 is 54.4 Å². The molecule has 0 saturated carbocycles. The number of aliphatic hydroxyl groups is 5. The van der Waals surface area contributed by atoms with Crippen molar-refractivity contribution in [3.8, 4) is 17.2 Å². The van der Waals surface area contributed by atoms with E-state index in [1.54, 1.807) is 0 Å². The molecule has 7 N–H and O–H groups in total. The summed E-state index contributed by atoms with van der Waals surface area (Å²) in [5.74, 6) is -5.29. The highest BCUT2D eigenvalue weighted by Crippen LogP contribution is 2.38. The number of aliphatic hydroxyl groups excluding tert-OH is 5. The van der Waals surface area contributed by atoms with Crippen LogP contribution in [-0.4, -0.2) is 85.0 Å². The molecule has 2 aromatic rings. The van der Waals surface area contributed by atoms with Gasteiger partial charge in [0, 0.05) is 18.1 Å². The number of fused-ring (bicyclic) bond motifs is 1. The van der Waals surface area contributed by atoms with Gasteiger partial charge in [0.15, 0.2) is 5.76 Å². The zero-order valence-electron chi connectivity index (χ0n) is 19.5. The number of carboxylic acids is 1. The molecule has 2 aliphatic rings.